The van der Waals surface area contributed by atoms with Crippen molar-refractivity contribution in [1.82, 2.24) is 24.8 Å². The molecule has 0 spiro atoms. The second-order valence-corrected chi connectivity index (χ2v) is 11.3. The van der Waals surface area contributed by atoms with Gasteiger partial charge in [0, 0.05) is 42.7 Å². The van der Waals surface area contributed by atoms with Crippen LogP contribution >= 0.6 is 0 Å². The zero-order chi connectivity index (χ0) is 26.1. The van der Waals surface area contributed by atoms with Crippen LogP contribution in [0.2, 0.25) is 0 Å². The molecule has 0 unspecified atom stereocenters. The van der Waals surface area contributed by atoms with E-state index in [4.69, 9.17) is 4.98 Å². The van der Waals surface area contributed by atoms with Crippen LogP contribution in [-0.4, -0.2) is 49.8 Å². The second-order valence-electron chi connectivity index (χ2n) is 11.3. The van der Waals surface area contributed by atoms with Gasteiger partial charge in [0.05, 0.1) is 17.4 Å². The Hall–Kier alpha value is -3.66. The van der Waals surface area contributed by atoms with Gasteiger partial charge in [0.2, 0.25) is 11.9 Å². The Morgan fingerprint density at radius 2 is 1.92 bits per heavy atom. The van der Waals surface area contributed by atoms with Gasteiger partial charge in [0.15, 0.2) is 5.78 Å². The van der Waals surface area contributed by atoms with Gasteiger partial charge in [-0.15, -0.1) is 0 Å². The predicted molar refractivity (Wildman–Crippen MR) is 143 cm³/mol. The van der Waals surface area contributed by atoms with E-state index in [1.807, 2.05) is 17.0 Å². The predicted octanol–water partition coefficient (Wildman–Crippen LogP) is 3.27. The molecule has 2 bridgehead atoms. The lowest BCUT2D eigenvalue weighted by atomic mass is 10.0. The summed E-state index contributed by atoms with van der Waals surface area (Å²) in [7, 11) is 0. The van der Waals surface area contributed by atoms with E-state index in [1.54, 1.807) is 23.9 Å². The number of carbonyl (C=O) groups excluding carboxylic acids is 2. The average Bonchev–Trinajstić information content (AvgIpc) is 3.40. The van der Waals surface area contributed by atoms with Crippen LogP contribution in [0, 0.1) is 18.8 Å². The number of Topliss-reactive ketones (excluding diaryl/α,β-unsaturated/α-hetero) is 1. The van der Waals surface area contributed by atoms with Crippen molar-refractivity contribution in [3.8, 4) is 0 Å². The molecule has 4 fully saturated rings. The summed E-state index contributed by atoms with van der Waals surface area (Å²) in [6, 6.07) is 4.36. The number of hydrogen-bond acceptors (Lipinski definition) is 8. The maximum absolute atomic E-state index is 13.6. The van der Waals surface area contributed by atoms with E-state index >= 15 is 0 Å². The quantitative estimate of drug-likeness (QED) is 0.499. The van der Waals surface area contributed by atoms with E-state index in [2.05, 4.69) is 20.6 Å². The first kappa shape index (κ1) is 23.5. The highest BCUT2D eigenvalue weighted by atomic mass is 16.2. The minimum absolute atomic E-state index is 0.0600. The molecule has 2 N–H and O–H groups in total. The van der Waals surface area contributed by atoms with Gasteiger partial charge < -0.3 is 15.5 Å². The molecule has 5 heterocycles. The number of anilines is 3. The Morgan fingerprint density at radius 3 is 2.63 bits per heavy atom. The van der Waals surface area contributed by atoms with Crippen LogP contribution in [0.4, 0.5) is 17.5 Å². The van der Waals surface area contributed by atoms with Gasteiger partial charge >= 0.3 is 0 Å². The van der Waals surface area contributed by atoms with Crippen LogP contribution in [0.15, 0.2) is 29.3 Å². The van der Waals surface area contributed by atoms with Crippen LogP contribution in [-0.2, 0) is 4.79 Å². The molecule has 196 valence electrons. The van der Waals surface area contributed by atoms with Gasteiger partial charge in [-0.05, 0) is 75.5 Å². The molecule has 2 aliphatic heterocycles. The monoisotopic (exact) mass is 513 g/mol. The lowest BCUT2D eigenvalue weighted by Crippen LogP contribution is -2.37. The molecule has 7 rings (SSSR count). The molecule has 4 aliphatic rings. The molecule has 2 saturated heterocycles. The van der Waals surface area contributed by atoms with Gasteiger partial charge in [0.1, 0.15) is 11.5 Å². The lowest BCUT2D eigenvalue weighted by molar-refractivity contribution is -0.118. The van der Waals surface area contributed by atoms with Crippen molar-refractivity contribution in [3.05, 3.63) is 46.0 Å². The summed E-state index contributed by atoms with van der Waals surface area (Å²) in [4.78, 5) is 54.4. The average molecular weight is 514 g/mol. The molecule has 1 amide bonds. The van der Waals surface area contributed by atoms with Crippen LogP contribution in [0.3, 0.4) is 0 Å². The minimum Gasteiger partial charge on any atom is -0.309 e. The minimum atomic E-state index is -0.252. The number of nitrogens with zero attached hydrogens (tertiary/aromatic N) is 5. The molecular formula is C28H31N7O3. The van der Waals surface area contributed by atoms with E-state index in [0.717, 1.165) is 43.2 Å². The van der Waals surface area contributed by atoms with Crippen LogP contribution in [0.1, 0.15) is 67.4 Å². The summed E-state index contributed by atoms with van der Waals surface area (Å²) >= 11 is 0. The Labute approximate surface area is 219 Å². The molecule has 3 aromatic heterocycles. The number of pyridine rings is 2. The number of rotatable bonds is 5. The second kappa shape index (κ2) is 8.69. The number of ketones is 1. The third kappa shape index (κ3) is 3.81. The van der Waals surface area contributed by atoms with E-state index in [-0.39, 0.29) is 34.9 Å². The molecule has 5 atom stereocenters. The number of aryl methyl sites for hydroxylation is 1. The maximum atomic E-state index is 13.6. The first-order valence-corrected chi connectivity index (χ1v) is 13.6. The largest absolute Gasteiger partial charge is 0.309 e. The number of carbonyl (C=O) groups is 2. The topological polar surface area (TPSA) is 122 Å². The van der Waals surface area contributed by atoms with E-state index in [9.17, 15) is 14.4 Å². The molecule has 38 heavy (non-hydrogen) atoms. The van der Waals surface area contributed by atoms with Crippen molar-refractivity contribution in [1.29, 1.82) is 0 Å². The van der Waals surface area contributed by atoms with Crippen LogP contribution < -0.4 is 21.1 Å². The van der Waals surface area contributed by atoms with Crippen molar-refractivity contribution in [2.24, 2.45) is 11.8 Å². The molecular weight excluding hydrogens is 482 g/mol. The molecule has 0 aromatic carbocycles. The van der Waals surface area contributed by atoms with Crippen molar-refractivity contribution in [3.63, 3.8) is 0 Å². The highest BCUT2D eigenvalue weighted by molar-refractivity contribution is 5.99. The number of nitrogens with one attached hydrogen (secondary N) is 2. The third-order valence-electron chi connectivity index (χ3n) is 8.96. The Kier molecular flexibility index (Phi) is 5.36. The van der Waals surface area contributed by atoms with Gasteiger partial charge in [-0.1, -0.05) is 0 Å². The highest BCUT2D eigenvalue weighted by Gasteiger charge is 2.49. The van der Waals surface area contributed by atoms with Crippen LogP contribution in [0.5, 0.6) is 0 Å². The van der Waals surface area contributed by atoms with Crippen molar-refractivity contribution >= 4 is 40.2 Å². The Morgan fingerprint density at radius 1 is 1.08 bits per heavy atom. The fraction of sp³-hybridized carbons (Fsp3) is 0.500. The zero-order valence-electron chi connectivity index (χ0n) is 21.6. The van der Waals surface area contributed by atoms with E-state index in [1.165, 1.54) is 6.92 Å². The van der Waals surface area contributed by atoms with Gasteiger partial charge in [-0.2, -0.15) is 4.98 Å². The molecule has 2 saturated carbocycles. The third-order valence-corrected chi connectivity index (χ3v) is 8.96. The standard InChI is InChI=1S/C28H31N7O3/c1-14-21-12-30-28(33-26(21)35(27(38)25(14)15(2)36)22-7-3-16-9-20(16)22)32-23-8-6-19(11-29-23)34-13-18-5-4-17(31-18)10-24(34)37/h6,8,11-12,16-18,20,22,31H,3-5,7,9-10,13H2,1-2H3,(H,29,30,32,33)/t16-,17+,18-,20+,22+/m1/s1. The Balaban J connectivity index is 1.21. The number of amides is 1. The zero-order valence-corrected chi connectivity index (χ0v) is 21.6. The first-order valence-electron chi connectivity index (χ1n) is 13.6. The van der Waals surface area contributed by atoms with E-state index < -0.39 is 0 Å². The summed E-state index contributed by atoms with van der Waals surface area (Å²) in [6.07, 6.45) is 9.20. The lowest BCUT2D eigenvalue weighted by Gasteiger charge is -2.24. The summed E-state index contributed by atoms with van der Waals surface area (Å²) in [6.45, 7) is 3.89. The van der Waals surface area contributed by atoms with E-state index in [0.29, 0.717) is 53.8 Å². The maximum Gasteiger partial charge on any atom is 0.263 e. The SMILES string of the molecule is CC(=O)c1c(C)c2cnc(Nc3ccc(N4C[C@H]5CC[C@@H](CC4=O)N5)cn3)nc2n([C@H]2CC[C@@H]3C[C@@H]32)c1=O. The summed E-state index contributed by atoms with van der Waals surface area (Å²) in [5.74, 6) is 1.92. The molecule has 10 nitrogen and oxygen atoms in total. The highest BCUT2D eigenvalue weighted by Crippen LogP contribution is 2.57. The van der Waals surface area contributed by atoms with Gasteiger partial charge in [-0.3, -0.25) is 19.0 Å². The van der Waals surface area contributed by atoms with Crippen molar-refractivity contribution < 1.29 is 9.59 Å². The summed E-state index contributed by atoms with van der Waals surface area (Å²) in [5, 5.41) is 7.41. The fourth-order valence-corrected chi connectivity index (χ4v) is 6.94. The number of fused-ring (bicyclic) bond motifs is 4. The summed E-state index contributed by atoms with van der Waals surface area (Å²) in [5.41, 5.74) is 1.93. The van der Waals surface area contributed by atoms with Crippen LogP contribution in [0.25, 0.3) is 11.0 Å². The number of aromatic nitrogens is 4. The first-order chi connectivity index (χ1) is 18.4. The van der Waals surface area contributed by atoms with Gasteiger partial charge in [-0.25, -0.2) is 9.97 Å². The molecule has 2 aliphatic carbocycles. The van der Waals surface area contributed by atoms with Gasteiger partial charge in [0.25, 0.3) is 5.56 Å². The van der Waals surface area contributed by atoms with Crippen molar-refractivity contribution in [2.75, 3.05) is 16.8 Å². The molecule has 3 aromatic rings. The number of hydrogen-bond donors (Lipinski definition) is 2. The fourth-order valence-electron chi connectivity index (χ4n) is 6.94. The summed E-state index contributed by atoms with van der Waals surface area (Å²) < 4.78 is 1.76. The molecule has 10 heteroatoms. The Bertz CT molecular complexity index is 1530. The van der Waals surface area contributed by atoms with Crippen molar-refractivity contribution in [2.45, 2.75) is 70.5 Å². The smallest absolute Gasteiger partial charge is 0.263 e. The normalized spacial score (nSPS) is 27.9. The molecule has 0 radical (unpaired) electrons.